The number of rotatable bonds is 6. The van der Waals surface area contributed by atoms with E-state index >= 15 is 0 Å². The molecule has 2 aromatic rings. The quantitative estimate of drug-likeness (QED) is 0.755. The van der Waals surface area contributed by atoms with Crippen LogP contribution in [0.25, 0.3) is 0 Å². The van der Waals surface area contributed by atoms with E-state index in [1.54, 1.807) is 12.1 Å². The molecule has 0 radical (unpaired) electrons. The van der Waals surface area contributed by atoms with E-state index in [9.17, 15) is 9.18 Å². The van der Waals surface area contributed by atoms with Gasteiger partial charge in [0.15, 0.2) is 5.78 Å². The Morgan fingerprint density at radius 2 is 1.88 bits per heavy atom. The third kappa shape index (κ3) is 5.10. The summed E-state index contributed by atoms with van der Waals surface area (Å²) < 4.78 is 12.9. The van der Waals surface area contributed by atoms with E-state index in [4.69, 9.17) is 0 Å². The minimum Gasteiger partial charge on any atom is -0.355 e. The molecule has 0 aliphatic carbocycles. The molecule has 1 aliphatic heterocycles. The van der Waals surface area contributed by atoms with Gasteiger partial charge in [-0.05, 0) is 62.3 Å². The molecule has 0 unspecified atom stereocenters. The molecule has 0 bridgehead atoms. The Morgan fingerprint density at radius 3 is 2.64 bits per heavy atom. The fourth-order valence-corrected chi connectivity index (χ4v) is 3.21. The molecule has 1 fully saturated rings. The standard InChI is InChI=1S/C20H24FN3O/c21-18-9-7-17(8-10-18)19(25)5-3-12-23-13-4-14-24(16-15-23)20-6-1-2-11-22-20/h1-2,6-11H,3-5,12-16H2. The van der Waals surface area contributed by atoms with Crippen LogP contribution in [0.5, 0.6) is 0 Å². The van der Waals surface area contributed by atoms with Gasteiger partial charge in [-0.15, -0.1) is 0 Å². The Balaban J connectivity index is 1.43. The fraction of sp³-hybridized carbons (Fsp3) is 0.400. The van der Waals surface area contributed by atoms with Gasteiger partial charge in [-0.2, -0.15) is 0 Å². The van der Waals surface area contributed by atoms with Gasteiger partial charge < -0.3 is 9.80 Å². The van der Waals surface area contributed by atoms with E-state index in [1.165, 1.54) is 12.1 Å². The van der Waals surface area contributed by atoms with E-state index in [0.29, 0.717) is 12.0 Å². The summed E-state index contributed by atoms with van der Waals surface area (Å²) in [5.74, 6) is 0.819. The summed E-state index contributed by atoms with van der Waals surface area (Å²) in [6.45, 7) is 4.93. The van der Waals surface area contributed by atoms with Gasteiger partial charge in [0.25, 0.3) is 0 Å². The van der Waals surface area contributed by atoms with Crippen LogP contribution in [0, 0.1) is 5.82 Å². The van der Waals surface area contributed by atoms with E-state index in [0.717, 1.165) is 51.4 Å². The van der Waals surface area contributed by atoms with Gasteiger partial charge in [0.05, 0.1) is 0 Å². The summed E-state index contributed by atoms with van der Waals surface area (Å²) in [4.78, 5) is 21.3. The number of nitrogens with zero attached hydrogens (tertiary/aromatic N) is 3. The van der Waals surface area contributed by atoms with Gasteiger partial charge in [-0.1, -0.05) is 6.07 Å². The number of hydrogen-bond donors (Lipinski definition) is 0. The maximum absolute atomic E-state index is 12.9. The van der Waals surface area contributed by atoms with Gasteiger partial charge >= 0.3 is 0 Å². The highest BCUT2D eigenvalue weighted by atomic mass is 19.1. The molecule has 0 spiro atoms. The zero-order valence-electron chi connectivity index (χ0n) is 14.4. The lowest BCUT2D eigenvalue weighted by Crippen LogP contribution is -2.31. The minimum absolute atomic E-state index is 0.0879. The first kappa shape index (κ1) is 17.5. The summed E-state index contributed by atoms with van der Waals surface area (Å²) in [5, 5.41) is 0. The molecule has 132 valence electrons. The number of carbonyl (C=O) groups excluding carboxylic acids is 1. The van der Waals surface area contributed by atoms with Crippen molar-refractivity contribution in [1.29, 1.82) is 0 Å². The van der Waals surface area contributed by atoms with Gasteiger partial charge in [-0.3, -0.25) is 4.79 Å². The molecule has 1 saturated heterocycles. The van der Waals surface area contributed by atoms with Crippen molar-refractivity contribution < 1.29 is 9.18 Å². The first-order valence-corrected chi connectivity index (χ1v) is 8.89. The van der Waals surface area contributed by atoms with Crippen molar-refractivity contribution in [3.05, 3.63) is 60.0 Å². The molecule has 1 aromatic carbocycles. The Bertz CT molecular complexity index is 675. The largest absolute Gasteiger partial charge is 0.355 e. The maximum Gasteiger partial charge on any atom is 0.162 e. The fourth-order valence-electron chi connectivity index (χ4n) is 3.21. The molecule has 3 rings (SSSR count). The first-order valence-electron chi connectivity index (χ1n) is 8.89. The molecule has 5 heteroatoms. The van der Waals surface area contributed by atoms with E-state index in [2.05, 4.69) is 20.9 Å². The second-order valence-corrected chi connectivity index (χ2v) is 6.40. The molecule has 0 atom stereocenters. The van der Waals surface area contributed by atoms with Crippen molar-refractivity contribution in [2.75, 3.05) is 37.6 Å². The Morgan fingerprint density at radius 1 is 1.04 bits per heavy atom. The number of pyridine rings is 1. The highest BCUT2D eigenvalue weighted by molar-refractivity contribution is 5.95. The smallest absolute Gasteiger partial charge is 0.162 e. The van der Waals surface area contributed by atoms with Gasteiger partial charge in [0, 0.05) is 37.8 Å². The lowest BCUT2D eigenvalue weighted by molar-refractivity contribution is 0.0975. The van der Waals surface area contributed by atoms with E-state index < -0.39 is 0 Å². The Labute approximate surface area is 148 Å². The van der Waals surface area contributed by atoms with Crippen molar-refractivity contribution in [3.63, 3.8) is 0 Å². The summed E-state index contributed by atoms with van der Waals surface area (Å²) >= 11 is 0. The third-order valence-electron chi connectivity index (χ3n) is 4.61. The number of hydrogen-bond acceptors (Lipinski definition) is 4. The third-order valence-corrected chi connectivity index (χ3v) is 4.61. The number of Topliss-reactive ketones (excluding diaryl/α,β-unsaturated/α-hetero) is 1. The second kappa shape index (κ2) is 8.72. The average Bonchev–Trinajstić information content (AvgIpc) is 2.89. The summed E-state index contributed by atoms with van der Waals surface area (Å²) in [6, 6.07) is 11.8. The lowest BCUT2D eigenvalue weighted by Gasteiger charge is -2.22. The number of carbonyl (C=O) groups is 1. The minimum atomic E-state index is -0.307. The Kier molecular flexibility index (Phi) is 6.12. The SMILES string of the molecule is O=C(CCCN1CCCN(c2ccccn2)CC1)c1ccc(F)cc1. The second-order valence-electron chi connectivity index (χ2n) is 6.40. The molecule has 0 saturated carbocycles. The maximum atomic E-state index is 12.9. The molecule has 0 amide bonds. The molecule has 0 N–H and O–H groups in total. The van der Waals surface area contributed by atoms with Crippen LogP contribution in [0.4, 0.5) is 10.2 Å². The summed E-state index contributed by atoms with van der Waals surface area (Å²) in [7, 11) is 0. The van der Waals surface area contributed by atoms with Crippen LogP contribution in [0.2, 0.25) is 0 Å². The van der Waals surface area contributed by atoms with E-state index in [1.807, 2.05) is 18.3 Å². The molecule has 25 heavy (non-hydrogen) atoms. The highest BCUT2D eigenvalue weighted by Gasteiger charge is 2.16. The van der Waals surface area contributed by atoms with Crippen molar-refractivity contribution in [1.82, 2.24) is 9.88 Å². The van der Waals surface area contributed by atoms with Crippen LogP contribution in [0.15, 0.2) is 48.7 Å². The van der Waals surface area contributed by atoms with Crippen molar-refractivity contribution in [3.8, 4) is 0 Å². The summed E-state index contributed by atoms with van der Waals surface area (Å²) in [5.41, 5.74) is 0.596. The van der Waals surface area contributed by atoms with Crippen LogP contribution in [0.1, 0.15) is 29.6 Å². The predicted molar refractivity (Wildman–Crippen MR) is 97.5 cm³/mol. The monoisotopic (exact) mass is 341 g/mol. The van der Waals surface area contributed by atoms with Crippen molar-refractivity contribution in [2.45, 2.75) is 19.3 Å². The number of aromatic nitrogens is 1. The van der Waals surface area contributed by atoms with E-state index in [-0.39, 0.29) is 11.6 Å². The van der Waals surface area contributed by atoms with Crippen molar-refractivity contribution in [2.24, 2.45) is 0 Å². The molecule has 1 aliphatic rings. The predicted octanol–water partition coefficient (Wildman–Crippen LogP) is 3.40. The number of ketones is 1. The Hall–Kier alpha value is -2.27. The normalized spacial score (nSPS) is 15.8. The number of anilines is 1. The topological polar surface area (TPSA) is 36.4 Å². The zero-order valence-corrected chi connectivity index (χ0v) is 14.4. The van der Waals surface area contributed by atoms with Gasteiger partial charge in [0.1, 0.15) is 11.6 Å². The number of halogens is 1. The molecule has 1 aromatic heterocycles. The molecular weight excluding hydrogens is 317 g/mol. The molecule has 4 nitrogen and oxygen atoms in total. The van der Waals surface area contributed by atoms with Crippen LogP contribution in [-0.2, 0) is 0 Å². The highest BCUT2D eigenvalue weighted by Crippen LogP contribution is 2.14. The first-order chi connectivity index (χ1) is 12.2. The van der Waals surface area contributed by atoms with Crippen molar-refractivity contribution >= 4 is 11.6 Å². The van der Waals surface area contributed by atoms with Crippen LogP contribution in [0.3, 0.4) is 0 Å². The molecular formula is C20H24FN3O. The zero-order chi connectivity index (χ0) is 17.5. The summed E-state index contributed by atoms with van der Waals surface area (Å²) in [6.07, 6.45) is 4.27. The average molecular weight is 341 g/mol. The number of benzene rings is 1. The van der Waals surface area contributed by atoms with Gasteiger partial charge in [-0.25, -0.2) is 9.37 Å². The molecule has 2 heterocycles. The van der Waals surface area contributed by atoms with Crippen LogP contribution >= 0.6 is 0 Å². The van der Waals surface area contributed by atoms with Crippen LogP contribution < -0.4 is 4.90 Å². The van der Waals surface area contributed by atoms with Gasteiger partial charge in [0.2, 0.25) is 0 Å². The van der Waals surface area contributed by atoms with Crippen LogP contribution in [-0.4, -0.2) is 48.4 Å². The lowest BCUT2D eigenvalue weighted by atomic mass is 10.1.